The second kappa shape index (κ2) is 18.3. The first-order valence-electron chi connectivity index (χ1n) is 8.56. The van der Waals surface area contributed by atoms with Gasteiger partial charge in [-0.15, -0.1) is 12.4 Å². The maximum absolute atomic E-state index is 11.1. The Kier molecular flexibility index (Phi) is 19.5. The van der Waals surface area contributed by atoms with E-state index >= 15 is 0 Å². The number of halogens is 1. The number of esters is 1. The number of unbranched alkanes of at least 4 members (excludes halogenated alkanes) is 9. The fraction of sp³-hybridized carbons (Fsp3) is 0.882. The van der Waals surface area contributed by atoms with E-state index in [1.807, 2.05) is 0 Å². The first-order chi connectivity index (χ1) is 10.2. The molecule has 0 unspecified atom stereocenters. The number of carbonyl (C=O) groups is 1. The third-order valence-corrected chi connectivity index (χ3v) is 3.38. The van der Waals surface area contributed by atoms with Crippen LogP contribution in [-0.2, 0) is 14.3 Å². The van der Waals surface area contributed by atoms with Crippen LogP contribution in [0, 0.1) is 5.41 Å². The number of carbonyl (C=O) groups excluding carboxylic acids is 1. The molecule has 0 amide bonds. The molecule has 0 heterocycles. The van der Waals surface area contributed by atoms with E-state index in [1.54, 1.807) is 6.92 Å². The van der Waals surface area contributed by atoms with Gasteiger partial charge in [-0.3, -0.25) is 10.2 Å². The van der Waals surface area contributed by atoms with E-state index in [1.165, 1.54) is 51.4 Å². The lowest BCUT2D eigenvalue weighted by molar-refractivity contribution is -0.141. The Labute approximate surface area is 142 Å². The van der Waals surface area contributed by atoms with E-state index in [0.29, 0.717) is 13.2 Å². The molecule has 0 aliphatic carbocycles. The molecule has 132 valence electrons. The molecule has 0 aromatic heterocycles. The van der Waals surface area contributed by atoms with E-state index in [0.717, 1.165) is 12.8 Å². The third kappa shape index (κ3) is 17.3. The zero-order valence-electron chi connectivity index (χ0n) is 14.3. The van der Waals surface area contributed by atoms with Crippen LogP contribution < -0.4 is 0 Å². The molecule has 5 heteroatoms. The second-order valence-electron chi connectivity index (χ2n) is 5.44. The Morgan fingerprint density at radius 2 is 1.32 bits per heavy atom. The van der Waals surface area contributed by atoms with Crippen molar-refractivity contribution in [3.8, 4) is 0 Å². The fourth-order valence-corrected chi connectivity index (χ4v) is 2.18. The summed E-state index contributed by atoms with van der Waals surface area (Å²) in [5.41, 5.74) is 0. The summed E-state index contributed by atoms with van der Waals surface area (Å²) < 4.78 is 9.97. The maximum Gasteiger partial charge on any atom is 0.315 e. The predicted octanol–water partition coefficient (Wildman–Crippen LogP) is 5.28. The van der Waals surface area contributed by atoms with E-state index in [9.17, 15) is 4.79 Å². The van der Waals surface area contributed by atoms with Crippen LogP contribution in [-0.4, -0.2) is 25.1 Å². The van der Waals surface area contributed by atoms with Crippen LogP contribution in [0.25, 0.3) is 0 Å². The van der Waals surface area contributed by atoms with Gasteiger partial charge in [-0.1, -0.05) is 64.7 Å². The maximum atomic E-state index is 11.1. The Morgan fingerprint density at radius 1 is 0.818 bits per heavy atom. The molecule has 0 saturated heterocycles. The molecule has 0 atom stereocenters. The van der Waals surface area contributed by atoms with Crippen molar-refractivity contribution < 1.29 is 14.3 Å². The van der Waals surface area contributed by atoms with E-state index in [4.69, 9.17) is 14.9 Å². The van der Waals surface area contributed by atoms with Gasteiger partial charge in [-0.2, -0.15) is 0 Å². The minimum Gasteiger partial charge on any atom is -0.481 e. The number of hydrogen-bond donors (Lipinski definition) is 1. The Hall–Kier alpha value is -0.770. The van der Waals surface area contributed by atoms with Crippen molar-refractivity contribution in [1.82, 2.24) is 0 Å². The minimum atomic E-state index is -0.384. The second-order valence-corrected chi connectivity index (χ2v) is 5.44. The Morgan fingerprint density at radius 3 is 1.82 bits per heavy atom. The van der Waals surface area contributed by atoms with Gasteiger partial charge in [0.05, 0.1) is 13.2 Å². The summed E-state index contributed by atoms with van der Waals surface area (Å²) in [6.07, 6.45) is 12.7. The number of rotatable bonds is 14. The van der Waals surface area contributed by atoms with Crippen LogP contribution in [0.3, 0.4) is 0 Å². The van der Waals surface area contributed by atoms with Gasteiger partial charge in [-0.25, -0.2) is 0 Å². The van der Waals surface area contributed by atoms with Crippen molar-refractivity contribution in [2.75, 3.05) is 13.2 Å². The van der Waals surface area contributed by atoms with Crippen molar-refractivity contribution in [3.05, 3.63) is 0 Å². The van der Waals surface area contributed by atoms with Crippen LogP contribution in [0.1, 0.15) is 84.5 Å². The Bertz CT molecular complexity index is 273. The summed E-state index contributed by atoms with van der Waals surface area (Å²) >= 11 is 0. The molecule has 0 bridgehead atoms. The lowest BCUT2D eigenvalue weighted by Gasteiger charge is -2.07. The minimum absolute atomic E-state index is 0. The molecule has 0 radical (unpaired) electrons. The molecule has 0 saturated carbocycles. The summed E-state index contributed by atoms with van der Waals surface area (Å²) in [7, 11) is 0. The van der Waals surface area contributed by atoms with Gasteiger partial charge in [0, 0.05) is 0 Å². The van der Waals surface area contributed by atoms with E-state index < -0.39 is 0 Å². The zero-order chi connectivity index (χ0) is 15.8. The molecule has 0 aliphatic heterocycles. The highest BCUT2D eigenvalue weighted by Crippen LogP contribution is 2.10. The van der Waals surface area contributed by atoms with Gasteiger partial charge in [-0.05, 0) is 13.3 Å². The molecule has 0 spiro atoms. The van der Waals surface area contributed by atoms with Gasteiger partial charge in [0.2, 0.25) is 0 Å². The normalized spacial score (nSPS) is 9.91. The quantitative estimate of drug-likeness (QED) is 0.203. The van der Waals surface area contributed by atoms with E-state index in [2.05, 4.69) is 6.92 Å². The van der Waals surface area contributed by atoms with Crippen LogP contribution in [0.15, 0.2) is 0 Å². The van der Waals surface area contributed by atoms with Crippen molar-refractivity contribution in [3.63, 3.8) is 0 Å². The lowest BCUT2D eigenvalue weighted by Crippen LogP contribution is -2.13. The van der Waals surface area contributed by atoms with Gasteiger partial charge in [0.25, 0.3) is 0 Å². The van der Waals surface area contributed by atoms with Gasteiger partial charge in [0.15, 0.2) is 5.90 Å². The molecule has 22 heavy (non-hydrogen) atoms. The standard InChI is InChI=1S/C17H33NO3.ClH/c1-3-5-6-7-8-9-10-11-12-13-14-21-16(18)15-17(19)20-4-2;/h18H,3-15H2,1-2H3;1H. The molecular weight excluding hydrogens is 302 g/mol. The first kappa shape index (κ1) is 23.5. The average molecular weight is 336 g/mol. The SMILES string of the molecule is CCCCCCCCCCCCOC(=N)CC(=O)OCC.Cl. The molecule has 1 N–H and O–H groups in total. The van der Waals surface area contributed by atoms with Crippen molar-refractivity contribution >= 4 is 24.3 Å². The summed E-state index contributed by atoms with van der Waals surface area (Å²) in [5.74, 6) is -0.366. The van der Waals surface area contributed by atoms with Crippen molar-refractivity contribution in [1.29, 1.82) is 5.41 Å². The number of nitrogens with one attached hydrogen (secondary N) is 1. The highest BCUT2D eigenvalue weighted by Gasteiger charge is 2.07. The smallest absolute Gasteiger partial charge is 0.315 e. The van der Waals surface area contributed by atoms with Gasteiger partial charge in [0.1, 0.15) is 6.42 Å². The highest BCUT2D eigenvalue weighted by atomic mass is 35.5. The summed E-state index contributed by atoms with van der Waals surface area (Å²) in [4.78, 5) is 11.1. The average Bonchev–Trinajstić information content (AvgIpc) is 2.45. The predicted molar refractivity (Wildman–Crippen MR) is 94.0 cm³/mol. The topological polar surface area (TPSA) is 59.4 Å². The lowest BCUT2D eigenvalue weighted by atomic mass is 10.1. The number of ether oxygens (including phenoxy) is 2. The molecule has 4 nitrogen and oxygen atoms in total. The van der Waals surface area contributed by atoms with Gasteiger partial charge >= 0.3 is 5.97 Å². The summed E-state index contributed by atoms with van der Waals surface area (Å²) in [6.45, 7) is 4.89. The van der Waals surface area contributed by atoms with Crippen molar-refractivity contribution in [2.24, 2.45) is 0 Å². The molecule has 0 rings (SSSR count). The zero-order valence-corrected chi connectivity index (χ0v) is 15.1. The number of hydrogen-bond acceptors (Lipinski definition) is 4. The van der Waals surface area contributed by atoms with Crippen molar-refractivity contribution in [2.45, 2.75) is 84.5 Å². The third-order valence-electron chi connectivity index (χ3n) is 3.38. The highest BCUT2D eigenvalue weighted by molar-refractivity contribution is 5.92. The van der Waals surface area contributed by atoms with Crippen LogP contribution >= 0.6 is 12.4 Å². The fourth-order valence-electron chi connectivity index (χ4n) is 2.18. The van der Waals surface area contributed by atoms with Crippen LogP contribution in [0.4, 0.5) is 0 Å². The largest absolute Gasteiger partial charge is 0.481 e. The van der Waals surface area contributed by atoms with Crippen LogP contribution in [0.5, 0.6) is 0 Å². The molecular formula is C17H34ClNO3. The summed E-state index contributed by atoms with van der Waals surface area (Å²) in [5, 5.41) is 7.50. The molecule has 0 aliphatic rings. The van der Waals surface area contributed by atoms with Gasteiger partial charge < -0.3 is 9.47 Å². The summed E-state index contributed by atoms with van der Waals surface area (Å²) in [6, 6.07) is 0. The van der Waals surface area contributed by atoms with Crippen LogP contribution in [0.2, 0.25) is 0 Å². The van der Waals surface area contributed by atoms with E-state index in [-0.39, 0.29) is 30.7 Å². The molecule has 0 aromatic rings. The first-order valence-corrected chi connectivity index (χ1v) is 8.56. The molecule has 0 fully saturated rings. The molecule has 0 aromatic carbocycles. The monoisotopic (exact) mass is 335 g/mol. The Balaban J connectivity index is 0.